The molecule has 1 aromatic rings. The van der Waals surface area contributed by atoms with E-state index in [0.717, 1.165) is 5.69 Å². The van der Waals surface area contributed by atoms with Crippen molar-refractivity contribution in [3.05, 3.63) is 17.5 Å². The number of hydrogen-bond acceptors (Lipinski definition) is 4. The molecule has 0 aliphatic carbocycles. The topological polar surface area (TPSA) is 95.3 Å². The summed E-state index contributed by atoms with van der Waals surface area (Å²) in [6, 6.07) is -0.421. The van der Waals surface area contributed by atoms with Crippen molar-refractivity contribution in [1.82, 2.24) is 20.0 Å². The summed E-state index contributed by atoms with van der Waals surface area (Å²) in [6.07, 6.45) is 1.51. The quantitative estimate of drug-likeness (QED) is 0.702. The van der Waals surface area contributed by atoms with Crippen LogP contribution in [-0.4, -0.2) is 64.5 Å². The molecule has 1 aliphatic heterocycles. The molecule has 0 unspecified atom stereocenters. The third-order valence-corrected chi connectivity index (χ3v) is 3.32. The average Bonchev–Trinajstić information content (AvgIpc) is 2.75. The number of likely N-dealkylation sites (N-methyl/N-ethyl adjacent to an activating group) is 1. The predicted molar refractivity (Wildman–Crippen MR) is 64.8 cm³/mol. The molecule has 1 atom stereocenters. The highest BCUT2D eigenvalue weighted by atomic mass is 16.2. The SMILES string of the molecule is Cc1[nH]ncc1C(=O)N1CCN(C)[C@H](C(N)=O)C1. The van der Waals surface area contributed by atoms with Crippen LogP contribution in [0.5, 0.6) is 0 Å². The van der Waals surface area contributed by atoms with Gasteiger partial charge in [0.1, 0.15) is 6.04 Å². The van der Waals surface area contributed by atoms with Crippen molar-refractivity contribution in [2.24, 2.45) is 5.73 Å². The van der Waals surface area contributed by atoms with Gasteiger partial charge in [-0.2, -0.15) is 5.10 Å². The van der Waals surface area contributed by atoms with Gasteiger partial charge in [0.25, 0.3) is 5.91 Å². The lowest BCUT2D eigenvalue weighted by Crippen LogP contribution is -2.57. The van der Waals surface area contributed by atoms with E-state index in [9.17, 15) is 9.59 Å². The van der Waals surface area contributed by atoms with E-state index >= 15 is 0 Å². The minimum atomic E-state index is -0.421. The first-order valence-electron chi connectivity index (χ1n) is 5.79. The van der Waals surface area contributed by atoms with Gasteiger partial charge in [-0.05, 0) is 14.0 Å². The standard InChI is InChI=1S/C11H17N5O2/c1-7-8(5-13-14-7)11(18)16-4-3-15(2)9(6-16)10(12)17/h5,9H,3-4,6H2,1-2H3,(H2,12,17)(H,13,14)/t9-/m0/s1. The van der Waals surface area contributed by atoms with Gasteiger partial charge in [0, 0.05) is 25.3 Å². The number of H-pyrrole nitrogens is 1. The summed E-state index contributed by atoms with van der Waals surface area (Å²) in [5.74, 6) is -0.514. The first-order valence-corrected chi connectivity index (χ1v) is 5.79. The Bertz CT molecular complexity index is 470. The Balaban J connectivity index is 2.13. The van der Waals surface area contributed by atoms with Crippen molar-refractivity contribution in [3.8, 4) is 0 Å². The van der Waals surface area contributed by atoms with E-state index < -0.39 is 11.9 Å². The summed E-state index contributed by atoms with van der Waals surface area (Å²) >= 11 is 0. The maximum atomic E-state index is 12.3. The Morgan fingerprint density at radius 3 is 2.78 bits per heavy atom. The first-order chi connectivity index (χ1) is 8.50. The Hall–Kier alpha value is -1.89. The fraction of sp³-hybridized carbons (Fsp3) is 0.545. The van der Waals surface area contributed by atoms with E-state index in [1.165, 1.54) is 6.20 Å². The highest BCUT2D eigenvalue weighted by Crippen LogP contribution is 2.13. The monoisotopic (exact) mass is 251 g/mol. The number of nitrogens with zero attached hydrogens (tertiary/aromatic N) is 3. The lowest BCUT2D eigenvalue weighted by Gasteiger charge is -2.37. The molecule has 1 saturated heterocycles. The summed E-state index contributed by atoms with van der Waals surface area (Å²) in [5, 5.41) is 6.56. The fourth-order valence-corrected chi connectivity index (χ4v) is 2.10. The maximum Gasteiger partial charge on any atom is 0.257 e. The van der Waals surface area contributed by atoms with Crippen molar-refractivity contribution >= 4 is 11.8 Å². The first kappa shape index (κ1) is 12.6. The number of primary amides is 1. The van der Waals surface area contributed by atoms with Crippen molar-refractivity contribution in [3.63, 3.8) is 0 Å². The van der Waals surface area contributed by atoms with E-state index in [2.05, 4.69) is 10.2 Å². The number of hydrogen-bond donors (Lipinski definition) is 2. The number of aryl methyl sites for hydroxylation is 1. The molecule has 3 N–H and O–H groups in total. The van der Waals surface area contributed by atoms with E-state index in [-0.39, 0.29) is 5.91 Å². The highest BCUT2D eigenvalue weighted by Gasteiger charge is 2.31. The Kier molecular flexibility index (Phi) is 3.33. The Morgan fingerprint density at radius 2 is 2.22 bits per heavy atom. The van der Waals surface area contributed by atoms with Gasteiger partial charge in [-0.3, -0.25) is 19.6 Å². The molecule has 7 nitrogen and oxygen atoms in total. The number of carbonyl (C=O) groups is 2. The minimum Gasteiger partial charge on any atom is -0.368 e. The molecule has 2 heterocycles. The van der Waals surface area contributed by atoms with Crippen LogP contribution < -0.4 is 5.73 Å². The summed E-state index contributed by atoms with van der Waals surface area (Å²) in [6.45, 7) is 3.34. The Labute approximate surface area is 105 Å². The molecule has 0 bridgehead atoms. The van der Waals surface area contributed by atoms with Crippen molar-refractivity contribution < 1.29 is 9.59 Å². The predicted octanol–water partition coefficient (Wildman–Crippen LogP) is -1.04. The van der Waals surface area contributed by atoms with E-state index in [0.29, 0.717) is 25.2 Å². The van der Waals surface area contributed by atoms with Gasteiger partial charge in [0.2, 0.25) is 5.91 Å². The van der Waals surface area contributed by atoms with E-state index in [1.54, 1.807) is 11.8 Å². The summed E-state index contributed by atoms with van der Waals surface area (Å²) in [4.78, 5) is 27.1. The van der Waals surface area contributed by atoms with Crippen LogP contribution in [0.2, 0.25) is 0 Å². The van der Waals surface area contributed by atoms with Gasteiger partial charge >= 0.3 is 0 Å². The molecule has 1 fully saturated rings. The van der Waals surface area contributed by atoms with Crippen LogP contribution in [0.4, 0.5) is 0 Å². The molecule has 0 saturated carbocycles. The van der Waals surface area contributed by atoms with E-state index in [4.69, 9.17) is 5.73 Å². The molecule has 2 rings (SSSR count). The zero-order chi connectivity index (χ0) is 13.3. The second-order valence-electron chi connectivity index (χ2n) is 4.56. The number of rotatable bonds is 2. The van der Waals surface area contributed by atoms with Crippen molar-refractivity contribution in [1.29, 1.82) is 0 Å². The second kappa shape index (κ2) is 4.77. The summed E-state index contributed by atoms with van der Waals surface area (Å²) in [5.41, 5.74) is 6.61. The van der Waals surface area contributed by atoms with Crippen LogP contribution in [0.3, 0.4) is 0 Å². The largest absolute Gasteiger partial charge is 0.368 e. The number of nitrogens with two attached hydrogens (primary N) is 1. The molecular formula is C11H17N5O2. The molecule has 18 heavy (non-hydrogen) atoms. The number of aromatic amines is 1. The second-order valence-corrected chi connectivity index (χ2v) is 4.56. The fourth-order valence-electron chi connectivity index (χ4n) is 2.10. The normalized spacial score (nSPS) is 21.0. The molecule has 1 aromatic heterocycles. The van der Waals surface area contributed by atoms with Gasteiger partial charge < -0.3 is 10.6 Å². The van der Waals surface area contributed by atoms with Crippen molar-refractivity contribution in [2.75, 3.05) is 26.7 Å². The van der Waals surface area contributed by atoms with Gasteiger partial charge in [-0.15, -0.1) is 0 Å². The number of nitrogens with one attached hydrogen (secondary N) is 1. The van der Waals surface area contributed by atoms with Gasteiger partial charge in [-0.1, -0.05) is 0 Å². The number of aromatic nitrogens is 2. The van der Waals surface area contributed by atoms with Crippen LogP contribution in [-0.2, 0) is 4.79 Å². The molecule has 1 aliphatic rings. The number of carbonyl (C=O) groups excluding carboxylic acids is 2. The zero-order valence-corrected chi connectivity index (χ0v) is 10.5. The van der Waals surface area contributed by atoms with Gasteiger partial charge in [0.05, 0.1) is 11.8 Å². The van der Waals surface area contributed by atoms with Crippen LogP contribution in [0, 0.1) is 6.92 Å². The van der Waals surface area contributed by atoms with Crippen LogP contribution in [0.1, 0.15) is 16.1 Å². The number of amides is 2. The third-order valence-electron chi connectivity index (χ3n) is 3.32. The lowest BCUT2D eigenvalue weighted by atomic mass is 10.1. The highest BCUT2D eigenvalue weighted by molar-refractivity contribution is 5.95. The van der Waals surface area contributed by atoms with Crippen LogP contribution in [0.25, 0.3) is 0 Å². The van der Waals surface area contributed by atoms with E-state index in [1.807, 2.05) is 11.9 Å². The molecule has 2 amide bonds. The lowest BCUT2D eigenvalue weighted by molar-refractivity contribution is -0.124. The van der Waals surface area contributed by atoms with Gasteiger partial charge in [-0.25, -0.2) is 0 Å². The van der Waals surface area contributed by atoms with Crippen LogP contribution >= 0.6 is 0 Å². The number of piperazine rings is 1. The smallest absolute Gasteiger partial charge is 0.257 e. The summed E-state index contributed by atoms with van der Waals surface area (Å²) in [7, 11) is 1.83. The Morgan fingerprint density at radius 1 is 1.50 bits per heavy atom. The molecule has 98 valence electrons. The van der Waals surface area contributed by atoms with Crippen molar-refractivity contribution in [2.45, 2.75) is 13.0 Å². The molecule has 0 radical (unpaired) electrons. The third kappa shape index (κ3) is 2.21. The molecule has 0 spiro atoms. The maximum absolute atomic E-state index is 12.3. The zero-order valence-electron chi connectivity index (χ0n) is 10.5. The minimum absolute atomic E-state index is 0.111. The molecule has 0 aromatic carbocycles. The molecular weight excluding hydrogens is 234 g/mol. The van der Waals surface area contributed by atoms with Crippen LogP contribution in [0.15, 0.2) is 6.20 Å². The molecule has 7 heteroatoms. The average molecular weight is 251 g/mol. The van der Waals surface area contributed by atoms with Gasteiger partial charge in [0.15, 0.2) is 0 Å². The summed E-state index contributed by atoms with van der Waals surface area (Å²) < 4.78 is 0.